The highest BCUT2D eigenvalue weighted by molar-refractivity contribution is 7.91. The van der Waals surface area contributed by atoms with Crippen molar-refractivity contribution in [2.24, 2.45) is 5.10 Å². The molecular weight excluding hydrogens is 402 g/mol. The van der Waals surface area contributed by atoms with Crippen LogP contribution in [-0.2, 0) is 25.8 Å². The van der Waals surface area contributed by atoms with Crippen LogP contribution >= 0.6 is 0 Å². The van der Waals surface area contributed by atoms with Gasteiger partial charge in [0.25, 0.3) is 5.91 Å². The molecule has 1 atom stereocenters. The van der Waals surface area contributed by atoms with Crippen LogP contribution in [0, 0.1) is 0 Å². The molecule has 30 heavy (non-hydrogen) atoms. The van der Waals surface area contributed by atoms with Crippen molar-refractivity contribution in [1.82, 2.24) is 5.01 Å². The Morgan fingerprint density at radius 2 is 1.87 bits per heavy atom. The van der Waals surface area contributed by atoms with Crippen molar-refractivity contribution in [2.75, 3.05) is 16.8 Å². The van der Waals surface area contributed by atoms with Gasteiger partial charge in [0.15, 0.2) is 9.84 Å². The third-order valence-corrected chi connectivity index (χ3v) is 7.68. The fourth-order valence-electron chi connectivity index (χ4n) is 4.41. The molecule has 0 saturated carbocycles. The van der Waals surface area contributed by atoms with E-state index in [0.717, 1.165) is 12.0 Å². The topological polar surface area (TPSA) is 95.9 Å². The summed E-state index contributed by atoms with van der Waals surface area (Å²) < 4.78 is 23.5. The first kappa shape index (κ1) is 19.0. The minimum absolute atomic E-state index is 0.0516. The van der Waals surface area contributed by atoms with Gasteiger partial charge in [-0.25, -0.2) is 13.4 Å². The predicted molar refractivity (Wildman–Crippen MR) is 114 cm³/mol. The van der Waals surface area contributed by atoms with Crippen LogP contribution in [0.3, 0.4) is 0 Å². The molecule has 2 heterocycles. The van der Waals surface area contributed by atoms with E-state index in [2.05, 4.69) is 22.6 Å². The lowest BCUT2D eigenvalue weighted by Gasteiger charge is -2.27. The van der Waals surface area contributed by atoms with Gasteiger partial charge in [-0.15, -0.1) is 0 Å². The molecule has 0 spiro atoms. The molecule has 8 heteroatoms. The van der Waals surface area contributed by atoms with Crippen LogP contribution in [0.5, 0.6) is 0 Å². The van der Waals surface area contributed by atoms with Crippen molar-refractivity contribution in [3.63, 3.8) is 0 Å². The maximum Gasteiger partial charge on any atom is 0.271 e. The second-order valence-electron chi connectivity index (χ2n) is 8.00. The molecule has 0 aromatic heterocycles. The molecule has 1 saturated heterocycles. The second kappa shape index (κ2) is 7.05. The van der Waals surface area contributed by atoms with Gasteiger partial charge in [0, 0.05) is 18.5 Å². The van der Waals surface area contributed by atoms with Gasteiger partial charge in [0.1, 0.15) is 5.71 Å². The lowest BCUT2D eigenvalue weighted by atomic mass is 10.1. The van der Waals surface area contributed by atoms with Crippen molar-refractivity contribution in [1.29, 1.82) is 0 Å². The minimum Gasteiger partial charge on any atom is -0.321 e. The van der Waals surface area contributed by atoms with Crippen LogP contribution < -0.4 is 5.32 Å². The van der Waals surface area contributed by atoms with Crippen LogP contribution in [0.15, 0.2) is 47.6 Å². The summed E-state index contributed by atoms with van der Waals surface area (Å²) >= 11 is 0. The molecule has 1 aliphatic carbocycles. The number of nitrogens with zero attached hydrogens (tertiary/aromatic N) is 2. The number of fused-ring (bicyclic) bond motifs is 3. The lowest BCUT2D eigenvalue weighted by molar-refractivity contribution is -0.133. The van der Waals surface area contributed by atoms with E-state index < -0.39 is 15.9 Å². The quantitative estimate of drug-likeness (QED) is 0.700. The Hall–Kier alpha value is -3.00. The van der Waals surface area contributed by atoms with Crippen LogP contribution in [0.25, 0.3) is 11.1 Å². The fourth-order valence-corrected chi connectivity index (χ4v) is 6.11. The summed E-state index contributed by atoms with van der Waals surface area (Å²) in [6.45, 7) is 0. The zero-order valence-electron chi connectivity index (χ0n) is 16.3. The van der Waals surface area contributed by atoms with Gasteiger partial charge in [-0.2, -0.15) is 5.10 Å². The van der Waals surface area contributed by atoms with Crippen molar-refractivity contribution in [3.8, 4) is 11.1 Å². The number of hydrogen-bond acceptors (Lipinski definition) is 5. The smallest absolute Gasteiger partial charge is 0.271 e. The van der Waals surface area contributed by atoms with E-state index in [4.69, 9.17) is 0 Å². The number of benzene rings is 2. The van der Waals surface area contributed by atoms with Crippen LogP contribution in [-0.4, -0.2) is 48.5 Å². The number of hydrogen-bond donors (Lipinski definition) is 1. The first-order valence-electron chi connectivity index (χ1n) is 10.0. The van der Waals surface area contributed by atoms with E-state index in [1.165, 1.54) is 21.7 Å². The fraction of sp³-hybridized carbons (Fsp3) is 0.318. The van der Waals surface area contributed by atoms with E-state index in [-0.39, 0.29) is 41.9 Å². The summed E-state index contributed by atoms with van der Waals surface area (Å²) in [5.41, 5.74) is 5.77. The molecule has 2 aromatic carbocycles. The monoisotopic (exact) mass is 423 g/mol. The van der Waals surface area contributed by atoms with E-state index in [9.17, 15) is 18.0 Å². The average Bonchev–Trinajstić information content (AvgIpc) is 3.27. The first-order valence-corrected chi connectivity index (χ1v) is 11.8. The number of anilines is 1. The summed E-state index contributed by atoms with van der Waals surface area (Å²) in [6.07, 6.45) is 1.59. The summed E-state index contributed by atoms with van der Waals surface area (Å²) in [7, 11) is -3.15. The molecule has 1 fully saturated rings. The number of carbonyl (C=O) groups is 2. The summed E-state index contributed by atoms with van der Waals surface area (Å²) in [5.74, 6) is -0.633. The number of carbonyl (C=O) groups excluding carboxylic acids is 2. The summed E-state index contributed by atoms with van der Waals surface area (Å²) in [4.78, 5) is 25.0. The predicted octanol–water partition coefficient (Wildman–Crippen LogP) is 2.36. The Bertz CT molecular complexity index is 1200. The molecule has 1 N–H and O–H groups in total. The Morgan fingerprint density at radius 3 is 2.67 bits per heavy atom. The van der Waals surface area contributed by atoms with Gasteiger partial charge in [-0.05, 0) is 47.2 Å². The van der Waals surface area contributed by atoms with E-state index in [1.807, 2.05) is 30.3 Å². The lowest BCUT2D eigenvalue weighted by Crippen LogP contribution is -2.42. The van der Waals surface area contributed by atoms with E-state index >= 15 is 0 Å². The Kier molecular flexibility index (Phi) is 4.47. The second-order valence-corrected chi connectivity index (χ2v) is 10.2. The highest BCUT2D eigenvalue weighted by Crippen LogP contribution is 2.37. The molecule has 7 nitrogen and oxygen atoms in total. The SMILES string of the molecule is O=C(Nc1ccc2c(c1)Cc1ccccc1-2)C1=NN(C2CCS(=O)(=O)C2)C(=O)CC1. The molecule has 3 aliphatic rings. The van der Waals surface area contributed by atoms with Gasteiger partial charge in [0.05, 0.1) is 17.5 Å². The zero-order chi connectivity index (χ0) is 20.9. The molecule has 0 radical (unpaired) electrons. The van der Waals surface area contributed by atoms with Gasteiger partial charge in [-0.3, -0.25) is 9.59 Å². The molecule has 2 aliphatic heterocycles. The van der Waals surface area contributed by atoms with E-state index in [1.54, 1.807) is 0 Å². The Labute approximate surface area is 174 Å². The maximum absolute atomic E-state index is 12.8. The third-order valence-electron chi connectivity index (χ3n) is 5.93. The molecule has 2 amide bonds. The van der Waals surface area contributed by atoms with Crippen molar-refractivity contribution in [3.05, 3.63) is 53.6 Å². The largest absolute Gasteiger partial charge is 0.321 e. The normalized spacial score (nSPS) is 21.7. The van der Waals surface area contributed by atoms with Gasteiger partial charge < -0.3 is 5.32 Å². The van der Waals surface area contributed by atoms with Crippen LogP contribution in [0.4, 0.5) is 5.69 Å². The zero-order valence-corrected chi connectivity index (χ0v) is 17.1. The van der Waals surface area contributed by atoms with Crippen molar-refractivity contribution < 1.29 is 18.0 Å². The highest BCUT2D eigenvalue weighted by Gasteiger charge is 2.37. The molecule has 1 unspecified atom stereocenters. The van der Waals surface area contributed by atoms with Crippen LogP contribution in [0.1, 0.15) is 30.4 Å². The molecule has 2 aromatic rings. The molecule has 5 rings (SSSR count). The number of amides is 2. The standard InChI is InChI=1S/C22H21N3O4S/c26-21-8-7-20(24-25(21)17-9-10-30(28,29)13-17)22(27)23-16-5-6-19-15(12-16)11-14-3-1-2-4-18(14)19/h1-6,12,17H,7-11,13H2,(H,23,27). The van der Waals surface area contributed by atoms with Gasteiger partial charge >= 0.3 is 0 Å². The number of sulfone groups is 1. The Morgan fingerprint density at radius 1 is 1.07 bits per heavy atom. The highest BCUT2D eigenvalue weighted by atomic mass is 32.2. The average molecular weight is 423 g/mol. The summed E-state index contributed by atoms with van der Waals surface area (Å²) in [5, 5.41) is 8.33. The number of nitrogens with one attached hydrogen (secondary N) is 1. The first-order chi connectivity index (χ1) is 14.4. The van der Waals surface area contributed by atoms with Gasteiger partial charge in [0.2, 0.25) is 5.91 Å². The van der Waals surface area contributed by atoms with Crippen molar-refractivity contribution >= 4 is 33.1 Å². The number of rotatable bonds is 3. The third kappa shape index (κ3) is 3.41. The van der Waals surface area contributed by atoms with E-state index in [0.29, 0.717) is 12.1 Å². The van der Waals surface area contributed by atoms with Crippen LogP contribution in [0.2, 0.25) is 0 Å². The molecular formula is C22H21N3O4S. The minimum atomic E-state index is -3.15. The maximum atomic E-state index is 12.8. The van der Waals surface area contributed by atoms with Crippen molar-refractivity contribution in [2.45, 2.75) is 31.7 Å². The number of hydrazone groups is 1. The molecule has 154 valence electrons. The molecule has 0 bridgehead atoms. The van der Waals surface area contributed by atoms with Gasteiger partial charge in [-0.1, -0.05) is 30.3 Å². The Balaban J connectivity index is 1.34. The summed E-state index contributed by atoms with van der Waals surface area (Å²) in [6, 6.07) is 13.6.